The van der Waals surface area contributed by atoms with Gasteiger partial charge >= 0.3 is 0 Å². The second-order valence-electron chi connectivity index (χ2n) is 7.16. The molecule has 110 valence electrons. The van der Waals surface area contributed by atoms with Gasteiger partial charge in [-0.3, -0.25) is 10.1 Å². The van der Waals surface area contributed by atoms with Crippen LogP contribution in [0.2, 0.25) is 0 Å². The number of hydrogen-bond acceptors (Lipinski definition) is 3. The standard InChI is InChI=1S/C15H29N3O/c1-12(2)9-13-16-10-14(19)18(13)11-15(3)5-7-17(4)8-6-15/h12-13,16H,5-11H2,1-4H3. The molecule has 1 atom stereocenters. The number of nitrogens with one attached hydrogen (secondary N) is 1. The van der Waals surface area contributed by atoms with Crippen LogP contribution in [-0.2, 0) is 4.79 Å². The van der Waals surface area contributed by atoms with E-state index in [4.69, 9.17) is 0 Å². The smallest absolute Gasteiger partial charge is 0.237 e. The van der Waals surface area contributed by atoms with E-state index < -0.39 is 0 Å². The van der Waals surface area contributed by atoms with Crippen molar-refractivity contribution in [3.63, 3.8) is 0 Å². The van der Waals surface area contributed by atoms with E-state index in [0.717, 1.165) is 26.1 Å². The van der Waals surface area contributed by atoms with Crippen molar-refractivity contribution in [1.82, 2.24) is 15.1 Å². The fourth-order valence-corrected chi connectivity index (χ4v) is 3.17. The monoisotopic (exact) mass is 267 g/mol. The molecule has 1 unspecified atom stereocenters. The number of nitrogens with zero attached hydrogens (tertiary/aromatic N) is 2. The third-order valence-electron chi connectivity index (χ3n) is 4.63. The lowest BCUT2D eigenvalue weighted by Crippen LogP contribution is -2.48. The zero-order valence-electron chi connectivity index (χ0n) is 12.9. The zero-order chi connectivity index (χ0) is 14.0. The molecule has 0 radical (unpaired) electrons. The van der Waals surface area contributed by atoms with Gasteiger partial charge < -0.3 is 9.80 Å². The summed E-state index contributed by atoms with van der Waals surface area (Å²) >= 11 is 0. The van der Waals surface area contributed by atoms with E-state index in [1.165, 1.54) is 12.8 Å². The molecule has 2 saturated heterocycles. The maximum atomic E-state index is 12.1. The molecule has 2 fully saturated rings. The van der Waals surface area contributed by atoms with E-state index >= 15 is 0 Å². The number of carbonyl (C=O) groups is 1. The third kappa shape index (κ3) is 3.69. The molecular weight excluding hydrogens is 238 g/mol. The van der Waals surface area contributed by atoms with Gasteiger partial charge in [0.15, 0.2) is 0 Å². The van der Waals surface area contributed by atoms with Gasteiger partial charge in [-0.15, -0.1) is 0 Å². The molecule has 0 spiro atoms. The first-order valence-corrected chi connectivity index (χ1v) is 7.61. The summed E-state index contributed by atoms with van der Waals surface area (Å²) in [4.78, 5) is 16.6. The van der Waals surface area contributed by atoms with Gasteiger partial charge in [0.05, 0.1) is 12.7 Å². The van der Waals surface area contributed by atoms with E-state index in [1.54, 1.807) is 0 Å². The van der Waals surface area contributed by atoms with Crippen LogP contribution in [0, 0.1) is 11.3 Å². The van der Waals surface area contributed by atoms with Crippen LogP contribution in [0.5, 0.6) is 0 Å². The maximum Gasteiger partial charge on any atom is 0.237 e. The Balaban J connectivity index is 1.97. The van der Waals surface area contributed by atoms with E-state index in [9.17, 15) is 4.79 Å². The topological polar surface area (TPSA) is 35.6 Å². The molecular formula is C15H29N3O. The van der Waals surface area contributed by atoms with E-state index in [-0.39, 0.29) is 12.1 Å². The number of carbonyl (C=O) groups excluding carboxylic acids is 1. The Kier molecular flexibility index (Phi) is 4.51. The van der Waals surface area contributed by atoms with Gasteiger partial charge in [0.1, 0.15) is 0 Å². The minimum Gasteiger partial charge on any atom is -0.325 e. The van der Waals surface area contributed by atoms with Crippen LogP contribution in [0.15, 0.2) is 0 Å². The first-order chi connectivity index (χ1) is 8.89. The molecule has 0 saturated carbocycles. The molecule has 2 aliphatic heterocycles. The van der Waals surface area contributed by atoms with E-state index in [0.29, 0.717) is 17.9 Å². The Morgan fingerprint density at radius 1 is 1.37 bits per heavy atom. The van der Waals surface area contributed by atoms with Gasteiger partial charge in [0.25, 0.3) is 0 Å². The summed E-state index contributed by atoms with van der Waals surface area (Å²) in [6.45, 7) is 10.5. The molecule has 0 aromatic rings. The average molecular weight is 267 g/mol. The zero-order valence-corrected chi connectivity index (χ0v) is 12.9. The molecule has 0 aromatic carbocycles. The number of hydrogen-bond donors (Lipinski definition) is 1. The fraction of sp³-hybridized carbons (Fsp3) is 0.933. The summed E-state index contributed by atoms with van der Waals surface area (Å²) in [5.74, 6) is 0.905. The van der Waals surface area contributed by atoms with Crippen molar-refractivity contribution in [2.75, 3.05) is 33.2 Å². The third-order valence-corrected chi connectivity index (χ3v) is 4.63. The maximum absolute atomic E-state index is 12.1. The Morgan fingerprint density at radius 3 is 2.58 bits per heavy atom. The van der Waals surface area contributed by atoms with Crippen LogP contribution in [0.1, 0.15) is 40.0 Å². The van der Waals surface area contributed by atoms with Crippen molar-refractivity contribution >= 4 is 5.91 Å². The molecule has 4 nitrogen and oxygen atoms in total. The largest absolute Gasteiger partial charge is 0.325 e. The molecule has 0 aromatic heterocycles. The van der Waals surface area contributed by atoms with Crippen LogP contribution in [0.25, 0.3) is 0 Å². The summed E-state index contributed by atoms with van der Waals surface area (Å²) in [7, 11) is 2.18. The highest BCUT2D eigenvalue weighted by molar-refractivity contribution is 5.80. The van der Waals surface area contributed by atoms with Crippen molar-refractivity contribution in [3.05, 3.63) is 0 Å². The summed E-state index contributed by atoms with van der Waals surface area (Å²) in [6, 6.07) is 0. The Morgan fingerprint density at radius 2 is 2.00 bits per heavy atom. The molecule has 0 bridgehead atoms. The molecule has 0 aliphatic carbocycles. The van der Waals surface area contributed by atoms with Gasteiger partial charge in [0.2, 0.25) is 5.91 Å². The molecule has 2 rings (SSSR count). The van der Waals surface area contributed by atoms with Crippen molar-refractivity contribution in [2.45, 2.75) is 46.2 Å². The quantitative estimate of drug-likeness (QED) is 0.839. The minimum atomic E-state index is 0.254. The predicted octanol–water partition coefficient (Wildman–Crippen LogP) is 1.52. The van der Waals surface area contributed by atoms with Gasteiger partial charge in [-0.1, -0.05) is 20.8 Å². The average Bonchev–Trinajstić information content (AvgIpc) is 2.65. The lowest BCUT2D eigenvalue weighted by atomic mass is 9.80. The molecule has 4 heteroatoms. The van der Waals surface area contributed by atoms with Gasteiger partial charge in [-0.2, -0.15) is 0 Å². The molecule has 2 aliphatic rings. The molecule has 2 heterocycles. The SMILES string of the molecule is CC(C)CC1NCC(=O)N1CC1(C)CCN(C)CC1. The normalized spacial score (nSPS) is 28.4. The Labute approximate surface area is 117 Å². The summed E-state index contributed by atoms with van der Waals surface area (Å²) < 4.78 is 0. The second-order valence-corrected chi connectivity index (χ2v) is 7.16. The van der Waals surface area contributed by atoms with E-state index in [1.807, 2.05) is 0 Å². The van der Waals surface area contributed by atoms with Crippen molar-refractivity contribution < 1.29 is 4.79 Å². The number of rotatable bonds is 4. The summed E-state index contributed by atoms with van der Waals surface area (Å²) in [6.07, 6.45) is 3.70. The highest BCUT2D eigenvalue weighted by atomic mass is 16.2. The number of piperidine rings is 1. The second kappa shape index (κ2) is 5.80. The Bertz CT molecular complexity index is 321. The minimum absolute atomic E-state index is 0.254. The van der Waals surface area contributed by atoms with E-state index in [2.05, 4.69) is 42.9 Å². The molecule has 1 amide bonds. The lowest BCUT2D eigenvalue weighted by molar-refractivity contribution is -0.130. The summed E-state index contributed by atoms with van der Waals surface area (Å²) in [5.41, 5.74) is 0.295. The highest BCUT2D eigenvalue weighted by Gasteiger charge is 2.37. The predicted molar refractivity (Wildman–Crippen MR) is 77.8 cm³/mol. The van der Waals surface area contributed by atoms with Gasteiger partial charge in [-0.25, -0.2) is 0 Å². The van der Waals surface area contributed by atoms with Crippen LogP contribution in [0.3, 0.4) is 0 Å². The van der Waals surface area contributed by atoms with Gasteiger partial charge in [0, 0.05) is 6.54 Å². The molecule has 19 heavy (non-hydrogen) atoms. The number of likely N-dealkylation sites (tertiary alicyclic amines) is 1. The first-order valence-electron chi connectivity index (χ1n) is 7.61. The highest BCUT2D eigenvalue weighted by Crippen LogP contribution is 2.33. The van der Waals surface area contributed by atoms with Crippen LogP contribution < -0.4 is 5.32 Å². The van der Waals surface area contributed by atoms with Crippen molar-refractivity contribution in [2.24, 2.45) is 11.3 Å². The number of amides is 1. The van der Waals surface area contributed by atoms with Crippen LogP contribution in [0.4, 0.5) is 0 Å². The van der Waals surface area contributed by atoms with Crippen molar-refractivity contribution in [3.8, 4) is 0 Å². The van der Waals surface area contributed by atoms with Crippen LogP contribution in [-0.4, -0.2) is 55.1 Å². The van der Waals surface area contributed by atoms with Gasteiger partial charge in [-0.05, 0) is 50.7 Å². The lowest BCUT2D eigenvalue weighted by Gasteiger charge is -2.41. The Hall–Kier alpha value is -0.610. The van der Waals surface area contributed by atoms with Crippen molar-refractivity contribution in [1.29, 1.82) is 0 Å². The van der Waals surface area contributed by atoms with Crippen LogP contribution >= 0.6 is 0 Å². The first kappa shape index (κ1) is 14.8. The summed E-state index contributed by atoms with van der Waals surface area (Å²) in [5, 5.41) is 3.37. The fourth-order valence-electron chi connectivity index (χ4n) is 3.17. The molecule has 1 N–H and O–H groups in total.